The van der Waals surface area contributed by atoms with Crippen LogP contribution in [0.4, 0.5) is 0 Å². The van der Waals surface area contributed by atoms with Gasteiger partial charge in [-0.3, -0.25) is 4.79 Å². The lowest BCUT2D eigenvalue weighted by atomic mass is 10.1. The monoisotopic (exact) mass is 276 g/mol. The third kappa shape index (κ3) is 4.53. The summed E-state index contributed by atoms with van der Waals surface area (Å²) in [4.78, 5) is 11.7. The smallest absolute Gasteiger partial charge is 0.223 e. The van der Waals surface area contributed by atoms with E-state index in [1.54, 1.807) is 0 Å². The highest BCUT2D eigenvalue weighted by atomic mass is 16.5. The summed E-state index contributed by atoms with van der Waals surface area (Å²) in [6, 6.07) is 6.14. The maximum Gasteiger partial charge on any atom is 0.223 e. The quantitative estimate of drug-likeness (QED) is 0.799. The summed E-state index contributed by atoms with van der Waals surface area (Å²) in [7, 11) is 0. The Bertz CT molecular complexity index is 470. The summed E-state index contributed by atoms with van der Waals surface area (Å²) in [6.07, 6.45) is 2.77. The highest BCUT2D eigenvalue weighted by Gasteiger charge is 2.28. The zero-order chi connectivity index (χ0) is 14.5. The van der Waals surface area contributed by atoms with Crippen molar-refractivity contribution in [2.24, 2.45) is 11.7 Å². The van der Waals surface area contributed by atoms with Crippen LogP contribution in [-0.4, -0.2) is 25.1 Å². The largest absolute Gasteiger partial charge is 0.493 e. The predicted molar refractivity (Wildman–Crippen MR) is 79.7 cm³/mol. The molecule has 0 heterocycles. The molecule has 1 aliphatic rings. The summed E-state index contributed by atoms with van der Waals surface area (Å²) in [6.45, 7) is 5.03. The fourth-order valence-electron chi connectivity index (χ4n) is 2.23. The minimum Gasteiger partial charge on any atom is -0.493 e. The van der Waals surface area contributed by atoms with Gasteiger partial charge in [0.1, 0.15) is 5.75 Å². The highest BCUT2D eigenvalue weighted by molar-refractivity contribution is 5.76. The molecular weight excluding hydrogens is 252 g/mol. The SMILES string of the molecule is Cc1ccc(OCCC(=O)NCC(N)C2CC2)c(C)c1. The molecule has 4 nitrogen and oxygen atoms in total. The zero-order valence-corrected chi connectivity index (χ0v) is 12.3. The number of aryl methyl sites for hydroxylation is 2. The highest BCUT2D eigenvalue weighted by Crippen LogP contribution is 2.31. The molecule has 1 fully saturated rings. The number of carbonyl (C=O) groups is 1. The number of hydrogen-bond acceptors (Lipinski definition) is 3. The third-order valence-electron chi connectivity index (χ3n) is 3.68. The van der Waals surface area contributed by atoms with Crippen molar-refractivity contribution in [3.8, 4) is 5.75 Å². The maximum absolute atomic E-state index is 11.7. The standard InChI is InChI=1S/C16H24N2O2/c1-11-3-6-15(12(2)9-11)20-8-7-16(19)18-10-14(17)13-4-5-13/h3,6,9,13-14H,4-5,7-8,10,17H2,1-2H3,(H,18,19). The van der Waals surface area contributed by atoms with E-state index in [1.165, 1.54) is 18.4 Å². The number of carbonyl (C=O) groups excluding carboxylic acids is 1. The Labute approximate surface area is 120 Å². The first-order valence-corrected chi connectivity index (χ1v) is 7.28. The predicted octanol–water partition coefficient (Wildman–Crippen LogP) is 1.93. The van der Waals surface area contributed by atoms with Crippen molar-refractivity contribution in [3.05, 3.63) is 29.3 Å². The first-order chi connectivity index (χ1) is 9.56. The van der Waals surface area contributed by atoms with E-state index in [0.29, 0.717) is 25.5 Å². The molecule has 1 aromatic carbocycles. The van der Waals surface area contributed by atoms with Gasteiger partial charge < -0.3 is 15.8 Å². The number of amides is 1. The average Bonchev–Trinajstić information content (AvgIpc) is 3.23. The lowest BCUT2D eigenvalue weighted by Crippen LogP contribution is -2.38. The van der Waals surface area contributed by atoms with Gasteiger partial charge >= 0.3 is 0 Å². The Hall–Kier alpha value is -1.55. The second kappa shape index (κ2) is 6.75. The second-order valence-electron chi connectivity index (χ2n) is 5.67. The van der Waals surface area contributed by atoms with Crippen molar-refractivity contribution in [1.29, 1.82) is 0 Å². The molecule has 1 aliphatic carbocycles. The Morgan fingerprint density at radius 1 is 1.45 bits per heavy atom. The van der Waals surface area contributed by atoms with Gasteiger partial charge in [-0.05, 0) is 44.2 Å². The van der Waals surface area contributed by atoms with Crippen molar-refractivity contribution in [2.45, 2.75) is 39.2 Å². The van der Waals surface area contributed by atoms with E-state index in [4.69, 9.17) is 10.5 Å². The van der Waals surface area contributed by atoms with E-state index in [1.807, 2.05) is 26.0 Å². The van der Waals surface area contributed by atoms with Crippen LogP contribution < -0.4 is 15.8 Å². The number of rotatable bonds is 7. The van der Waals surface area contributed by atoms with Crippen LogP contribution in [0.2, 0.25) is 0 Å². The van der Waals surface area contributed by atoms with E-state index in [9.17, 15) is 4.79 Å². The van der Waals surface area contributed by atoms with E-state index in [0.717, 1.165) is 11.3 Å². The van der Waals surface area contributed by atoms with Crippen LogP contribution >= 0.6 is 0 Å². The van der Waals surface area contributed by atoms with Crippen molar-refractivity contribution in [2.75, 3.05) is 13.2 Å². The van der Waals surface area contributed by atoms with Gasteiger partial charge in [0.25, 0.3) is 0 Å². The summed E-state index contributed by atoms with van der Waals surface area (Å²) in [5, 5.41) is 2.87. The van der Waals surface area contributed by atoms with Crippen LogP contribution in [-0.2, 0) is 4.79 Å². The molecule has 110 valence electrons. The van der Waals surface area contributed by atoms with Gasteiger partial charge in [-0.25, -0.2) is 0 Å². The summed E-state index contributed by atoms with van der Waals surface area (Å²) in [5.74, 6) is 1.46. The first-order valence-electron chi connectivity index (χ1n) is 7.28. The van der Waals surface area contributed by atoms with Crippen molar-refractivity contribution in [3.63, 3.8) is 0 Å². The molecule has 1 saturated carbocycles. The lowest BCUT2D eigenvalue weighted by Gasteiger charge is -2.12. The minimum absolute atomic E-state index is 0.00543. The molecule has 4 heteroatoms. The average molecular weight is 276 g/mol. The number of nitrogens with two attached hydrogens (primary N) is 1. The van der Waals surface area contributed by atoms with E-state index in [-0.39, 0.29) is 11.9 Å². The van der Waals surface area contributed by atoms with Crippen molar-refractivity contribution in [1.82, 2.24) is 5.32 Å². The fraction of sp³-hybridized carbons (Fsp3) is 0.562. The third-order valence-corrected chi connectivity index (χ3v) is 3.68. The molecule has 3 N–H and O–H groups in total. The molecule has 0 aromatic heterocycles. The Morgan fingerprint density at radius 3 is 2.85 bits per heavy atom. The van der Waals surface area contributed by atoms with Crippen LogP contribution in [0.15, 0.2) is 18.2 Å². The van der Waals surface area contributed by atoms with Crippen molar-refractivity contribution >= 4 is 5.91 Å². The van der Waals surface area contributed by atoms with Gasteiger partial charge in [0.2, 0.25) is 5.91 Å². The number of benzene rings is 1. The van der Waals surface area contributed by atoms with E-state index in [2.05, 4.69) is 11.4 Å². The Balaban J connectivity index is 1.65. The number of nitrogens with one attached hydrogen (secondary N) is 1. The fourth-order valence-corrected chi connectivity index (χ4v) is 2.23. The molecule has 1 aromatic rings. The molecular formula is C16H24N2O2. The van der Waals surface area contributed by atoms with Gasteiger partial charge in [-0.1, -0.05) is 17.7 Å². The summed E-state index contributed by atoms with van der Waals surface area (Å²) < 4.78 is 5.64. The Kier molecular flexibility index (Phi) is 5.01. The van der Waals surface area contributed by atoms with Crippen molar-refractivity contribution < 1.29 is 9.53 Å². The van der Waals surface area contributed by atoms with Gasteiger partial charge in [-0.2, -0.15) is 0 Å². The molecule has 0 radical (unpaired) electrons. The van der Waals surface area contributed by atoms with Crippen LogP contribution in [0, 0.1) is 19.8 Å². The second-order valence-corrected chi connectivity index (χ2v) is 5.67. The van der Waals surface area contributed by atoms with Gasteiger partial charge in [0.15, 0.2) is 0 Å². The molecule has 1 amide bonds. The van der Waals surface area contributed by atoms with Gasteiger partial charge in [0, 0.05) is 12.6 Å². The van der Waals surface area contributed by atoms with E-state index >= 15 is 0 Å². The van der Waals surface area contributed by atoms with Gasteiger partial charge in [-0.15, -0.1) is 0 Å². The van der Waals surface area contributed by atoms with E-state index < -0.39 is 0 Å². The maximum atomic E-state index is 11.7. The topological polar surface area (TPSA) is 64.3 Å². The van der Waals surface area contributed by atoms with Crippen LogP contribution in [0.25, 0.3) is 0 Å². The first kappa shape index (κ1) is 14.9. The Morgan fingerprint density at radius 2 is 2.20 bits per heavy atom. The molecule has 1 unspecified atom stereocenters. The zero-order valence-electron chi connectivity index (χ0n) is 12.3. The molecule has 20 heavy (non-hydrogen) atoms. The lowest BCUT2D eigenvalue weighted by molar-refractivity contribution is -0.121. The molecule has 0 aliphatic heterocycles. The van der Waals surface area contributed by atoms with Crippen LogP contribution in [0.5, 0.6) is 5.75 Å². The summed E-state index contributed by atoms with van der Waals surface area (Å²) >= 11 is 0. The minimum atomic E-state index is 0.00543. The van der Waals surface area contributed by atoms with Crippen LogP contribution in [0.1, 0.15) is 30.4 Å². The summed E-state index contributed by atoms with van der Waals surface area (Å²) in [5.41, 5.74) is 8.24. The van der Waals surface area contributed by atoms with Crippen LogP contribution in [0.3, 0.4) is 0 Å². The molecule has 2 rings (SSSR count). The molecule has 0 saturated heterocycles. The molecule has 0 spiro atoms. The normalized spacial score (nSPS) is 15.8. The molecule has 1 atom stereocenters. The van der Waals surface area contributed by atoms with Gasteiger partial charge in [0.05, 0.1) is 13.0 Å². The number of hydrogen-bond donors (Lipinski definition) is 2. The number of ether oxygens (including phenoxy) is 1. The molecule has 0 bridgehead atoms.